The Labute approximate surface area is 242 Å². The van der Waals surface area contributed by atoms with Crippen LogP contribution in [0.2, 0.25) is 0 Å². The quantitative estimate of drug-likeness (QED) is 0.288. The van der Waals surface area contributed by atoms with Crippen LogP contribution in [0, 0.1) is 25.7 Å². The van der Waals surface area contributed by atoms with Gasteiger partial charge in [-0.1, -0.05) is 18.2 Å². The van der Waals surface area contributed by atoms with Crippen molar-refractivity contribution in [3.8, 4) is 0 Å². The van der Waals surface area contributed by atoms with Gasteiger partial charge in [-0.05, 0) is 70.8 Å². The second-order valence-corrected chi connectivity index (χ2v) is 12.5. The van der Waals surface area contributed by atoms with Crippen molar-refractivity contribution in [2.24, 2.45) is 11.8 Å². The zero-order valence-corrected chi connectivity index (χ0v) is 24.8. The van der Waals surface area contributed by atoms with E-state index < -0.39 is 12.0 Å². The number of thioether (sulfide) groups is 1. The van der Waals surface area contributed by atoms with Crippen LogP contribution in [0.3, 0.4) is 0 Å². The van der Waals surface area contributed by atoms with Crippen LogP contribution in [0.1, 0.15) is 78.8 Å². The molecule has 0 saturated heterocycles. The fraction of sp³-hybridized carbons (Fsp3) is 0.516. The smallest absolute Gasteiger partial charge is 0.254 e. The number of hydrogen-bond acceptors (Lipinski definition) is 4. The zero-order valence-electron chi connectivity index (χ0n) is 24.0. The van der Waals surface area contributed by atoms with E-state index in [0.717, 1.165) is 52.9 Å². The number of halogens is 2. The number of aryl methyl sites for hydroxylation is 1. The van der Waals surface area contributed by atoms with E-state index in [1.54, 1.807) is 0 Å². The Morgan fingerprint density at radius 2 is 1.83 bits per heavy atom. The molecule has 2 aliphatic rings. The van der Waals surface area contributed by atoms with Crippen LogP contribution in [0.5, 0.6) is 0 Å². The number of pyridine rings is 1. The highest BCUT2D eigenvalue weighted by molar-refractivity contribution is 7.98. The van der Waals surface area contributed by atoms with E-state index in [4.69, 9.17) is 0 Å². The molecule has 3 N–H and O–H groups in total. The van der Waals surface area contributed by atoms with E-state index in [0.29, 0.717) is 17.0 Å². The number of nitrogens with one attached hydrogen (secondary N) is 3. The van der Waals surface area contributed by atoms with Gasteiger partial charge in [0.05, 0.1) is 5.56 Å². The molecule has 220 valence electrons. The van der Waals surface area contributed by atoms with Gasteiger partial charge in [-0.3, -0.25) is 14.4 Å². The first-order valence-corrected chi connectivity index (χ1v) is 15.5. The lowest BCUT2D eigenvalue weighted by Gasteiger charge is -2.38. The van der Waals surface area contributed by atoms with Gasteiger partial charge in [-0.2, -0.15) is 0 Å². The van der Waals surface area contributed by atoms with E-state index >= 15 is 0 Å². The van der Waals surface area contributed by atoms with Crippen LogP contribution >= 0.6 is 11.8 Å². The standard InChI is InChI=1S/C31H38F2N4O3S/c1-17-13-26(41-4)24(29(39)35-17)16-34-30(40)27-19(3)37(25-8-6-5-7-23(25)27)18(2)20-9-11-21(12-10-20)28(38)36-22-14-31(32,33)15-22/h5-8,13,18,20-22H,9-12,14-16H2,1-4H3,(H,34,40)(H,35,39)(H,36,38). The van der Waals surface area contributed by atoms with Gasteiger partial charge >= 0.3 is 0 Å². The molecule has 2 heterocycles. The van der Waals surface area contributed by atoms with Crippen molar-refractivity contribution in [3.05, 3.63) is 63.2 Å². The summed E-state index contributed by atoms with van der Waals surface area (Å²) in [7, 11) is 0. The minimum atomic E-state index is -2.64. The number of aromatic nitrogens is 2. The third-order valence-corrected chi connectivity index (χ3v) is 9.73. The molecule has 2 fully saturated rings. The lowest BCUT2D eigenvalue weighted by atomic mass is 9.78. The van der Waals surface area contributed by atoms with Gasteiger partial charge in [-0.15, -0.1) is 11.8 Å². The van der Waals surface area contributed by atoms with E-state index in [2.05, 4.69) is 27.1 Å². The summed E-state index contributed by atoms with van der Waals surface area (Å²) in [5.74, 6) is -2.80. The molecule has 2 aromatic heterocycles. The number of alkyl halides is 2. The largest absolute Gasteiger partial charge is 0.353 e. The van der Waals surface area contributed by atoms with Gasteiger partial charge in [0, 0.05) is 70.1 Å². The maximum Gasteiger partial charge on any atom is 0.254 e. The topological polar surface area (TPSA) is 96.0 Å². The minimum absolute atomic E-state index is 0.0961. The predicted molar refractivity (Wildman–Crippen MR) is 158 cm³/mol. The van der Waals surface area contributed by atoms with Crippen LogP contribution in [0.25, 0.3) is 10.9 Å². The highest BCUT2D eigenvalue weighted by atomic mass is 32.2. The first kappa shape index (κ1) is 29.4. The second kappa shape index (κ2) is 11.6. The van der Waals surface area contributed by atoms with Crippen molar-refractivity contribution >= 4 is 34.5 Å². The fourth-order valence-corrected chi connectivity index (χ4v) is 7.36. The highest BCUT2D eigenvalue weighted by Gasteiger charge is 2.46. The molecule has 1 atom stereocenters. The molecule has 2 saturated carbocycles. The Bertz CT molecular complexity index is 1520. The number of benzene rings is 1. The molecule has 1 unspecified atom stereocenters. The molecular formula is C31H38F2N4O3S. The van der Waals surface area contributed by atoms with Gasteiger partial charge in [0.15, 0.2) is 0 Å². The Kier molecular flexibility index (Phi) is 8.32. The second-order valence-electron chi connectivity index (χ2n) is 11.7. The van der Waals surface area contributed by atoms with Crippen molar-refractivity contribution in [1.29, 1.82) is 0 Å². The van der Waals surface area contributed by atoms with Crippen molar-refractivity contribution in [2.45, 2.75) is 88.7 Å². The number of para-hydroxylation sites is 1. The molecule has 3 aromatic rings. The van der Waals surface area contributed by atoms with Crippen molar-refractivity contribution < 1.29 is 18.4 Å². The molecule has 1 aromatic carbocycles. The van der Waals surface area contributed by atoms with E-state index in [-0.39, 0.29) is 48.7 Å². The molecule has 7 nitrogen and oxygen atoms in total. The summed E-state index contributed by atoms with van der Waals surface area (Å²) in [4.78, 5) is 42.5. The molecule has 0 spiro atoms. The summed E-state index contributed by atoms with van der Waals surface area (Å²) in [5.41, 5.74) is 3.57. The third kappa shape index (κ3) is 5.94. The molecule has 0 bridgehead atoms. The minimum Gasteiger partial charge on any atom is -0.353 e. The summed E-state index contributed by atoms with van der Waals surface area (Å²) >= 11 is 1.48. The third-order valence-electron chi connectivity index (χ3n) is 8.93. The number of rotatable bonds is 8. The summed E-state index contributed by atoms with van der Waals surface area (Å²) in [6.07, 6.45) is 4.52. The first-order chi connectivity index (χ1) is 19.5. The maximum absolute atomic E-state index is 13.6. The maximum atomic E-state index is 13.6. The van der Waals surface area contributed by atoms with Crippen LogP contribution < -0.4 is 16.2 Å². The Balaban J connectivity index is 1.30. The summed E-state index contributed by atoms with van der Waals surface area (Å²) in [6, 6.07) is 9.47. The van der Waals surface area contributed by atoms with Crippen LogP contribution in [0.15, 0.2) is 40.0 Å². The normalized spacial score (nSPS) is 21.3. The molecule has 2 amide bonds. The number of aromatic amines is 1. The van der Waals surface area contributed by atoms with Crippen molar-refractivity contribution in [1.82, 2.24) is 20.2 Å². The van der Waals surface area contributed by atoms with Crippen molar-refractivity contribution in [2.75, 3.05) is 6.26 Å². The first-order valence-electron chi connectivity index (χ1n) is 14.3. The van der Waals surface area contributed by atoms with E-state index in [1.165, 1.54) is 11.8 Å². The Hall–Kier alpha value is -3.14. The number of fused-ring (bicyclic) bond motifs is 1. The monoisotopic (exact) mass is 584 g/mol. The van der Waals surface area contributed by atoms with Gasteiger partial charge in [0.2, 0.25) is 5.91 Å². The molecule has 2 aliphatic carbocycles. The lowest BCUT2D eigenvalue weighted by molar-refractivity contribution is -0.134. The van der Waals surface area contributed by atoms with E-state index in [9.17, 15) is 23.2 Å². The van der Waals surface area contributed by atoms with Gasteiger partial charge in [-0.25, -0.2) is 8.78 Å². The van der Waals surface area contributed by atoms with Crippen LogP contribution in [-0.2, 0) is 11.3 Å². The molecule has 0 radical (unpaired) electrons. The molecule has 10 heteroatoms. The highest BCUT2D eigenvalue weighted by Crippen LogP contribution is 2.41. The van der Waals surface area contributed by atoms with Gasteiger partial charge < -0.3 is 20.2 Å². The Morgan fingerprint density at radius 1 is 1.15 bits per heavy atom. The zero-order chi connectivity index (χ0) is 29.5. The number of nitrogens with zero attached hydrogens (tertiary/aromatic N) is 1. The predicted octanol–water partition coefficient (Wildman–Crippen LogP) is 5.88. The van der Waals surface area contributed by atoms with Crippen molar-refractivity contribution in [3.63, 3.8) is 0 Å². The van der Waals surface area contributed by atoms with Crippen LogP contribution in [0.4, 0.5) is 8.78 Å². The number of H-pyrrole nitrogens is 1. The molecule has 0 aliphatic heterocycles. The Morgan fingerprint density at radius 3 is 2.49 bits per heavy atom. The van der Waals surface area contributed by atoms with Gasteiger partial charge in [0.25, 0.3) is 17.4 Å². The van der Waals surface area contributed by atoms with Crippen LogP contribution in [-0.4, -0.2) is 39.6 Å². The summed E-state index contributed by atoms with van der Waals surface area (Å²) in [5, 5.41) is 6.66. The number of amides is 2. The molecule has 5 rings (SSSR count). The fourth-order valence-electron chi connectivity index (χ4n) is 6.65. The summed E-state index contributed by atoms with van der Waals surface area (Å²) in [6.45, 7) is 6.09. The average Bonchev–Trinajstić information content (AvgIpc) is 3.22. The SMILES string of the molecule is CSc1cc(C)[nH]c(=O)c1CNC(=O)c1c(C)n(C(C)C2CCC(C(=O)NC3CC(F)(F)C3)CC2)c2ccccc12. The average molecular weight is 585 g/mol. The number of hydrogen-bond donors (Lipinski definition) is 3. The summed E-state index contributed by atoms with van der Waals surface area (Å²) < 4.78 is 28.6. The number of carbonyl (C=O) groups excluding carboxylic acids is 2. The molecule has 41 heavy (non-hydrogen) atoms. The molecular weight excluding hydrogens is 546 g/mol. The van der Waals surface area contributed by atoms with E-state index in [1.807, 2.05) is 50.4 Å². The lowest BCUT2D eigenvalue weighted by Crippen LogP contribution is -2.52. The number of carbonyl (C=O) groups is 2. The van der Waals surface area contributed by atoms with Gasteiger partial charge in [0.1, 0.15) is 0 Å².